The van der Waals surface area contributed by atoms with E-state index in [-0.39, 0.29) is 11.3 Å². The highest BCUT2D eigenvalue weighted by molar-refractivity contribution is 5.81. The van der Waals surface area contributed by atoms with Crippen LogP contribution in [-0.2, 0) is 16.6 Å². The molecular weight excluding hydrogens is 288 g/mol. The van der Waals surface area contributed by atoms with Gasteiger partial charge in [0.15, 0.2) is 0 Å². The molecule has 0 bridgehead atoms. The summed E-state index contributed by atoms with van der Waals surface area (Å²) in [4.78, 5) is 11.9. The average molecular weight is 310 g/mol. The zero-order chi connectivity index (χ0) is 16.1. The number of ether oxygens (including phenoxy) is 1. The molecule has 1 aliphatic rings. The Hall–Kier alpha value is -2.33. The summed E-state index contributed by atoms with van der Waals surface area (Å²) >= 11 is 0. The molecule has 3 rings (SSSR count). The molecule has 3 N–H and O–H groups in total. The molecule has 1 heterocycles. The smallest absolute Gasteiger partial charge is 0.221 e. The number of nitrogens with one attached hydrogen (secondary N) is 1. The molecule has 0 saturated carbocycles. The van der Waals surface area contributed by atoms with E-state index in [1.54, 1.807) is 0 Å². The maximum atomic E-state index is 11.9. The van der Waals surface area contributed by atoms with Gasteiger partial charge < -0.3 is 15.8 Å². The third-order valence-corrected chi connectivity index (χ3v) is 4.34. The van der Waals surface area contributed by atoms with Gasteiger partial charge in [0, 0.05) is 24.9 Å². The molecule has 4 nitrogen and oxygen atoms in total. The van der Waals surface area contributed by atoms with Crippen molar-refractivity contribution < 1.29 is 9.53 Å². The van der Waals surface area contributed by atoms with Crippen molar-refractivity contribution in [2.75, 3.05) is 19.7 Å². The van der Waals surface area contributed by atoms with Gasteiger partial charge in [-0.15, -0.1) is 0 Å². The summed E-state index contributed by atoms with van der Waals surface area (Å²) in [5, 5.41) is 2.99. The van der Waals surface area contributed by atoms with Crippen molar-refractivity contribution in [1.82, 2.24) is 5.32 Å². The lowest BCUT2D eigenvalue weighted by molar-refractivity contribution is -0.119. The van der Waals surface area contributed by atoms with Crippen molar-refractivity contribution >= 4 is 5.91 Å². The summed E-state index contributed by atoms with van der Waals surface area (Å²) in [5.41, 5.74) is 7.65. The van der Waals surface area contributed by atoms with E-state index >= 15 is 0 Å². The summed E-state index contributed by atoms with van der Waals surface area (Å²) in [6.45, 7) is 1.63. The molecule has 1 aliphatic heterocycles. The van der Waals surface area contributed by atoms with Crippen molar-refractivity contribution in [1.29, 1.82) is 0 Å². The van der Waals surface area contributed by atoms with Gasteiger partial charge in [0.1, 0.15) is 12.4 Å². The minimum absolute atomic E-state index is 0.106. The number of amides is 1. The minimum Gasteiger partial charge on any atom is -0.492 e. The van der Waals surface area contributed by atoms with Crippen LogP contribution in [0, 0.1) is 0 Å². The molecule has 0 radical (unpaired) electrons. The SMILES string of the molecule is NCCOc1cccc(C2(Cc3ccccc3)CNC(=O)C2)c1. The van der Waals surface area contributed by atoms with Crippen molar-refractivity contribution in [3.05, 3.63) is 65.7 Å². The van der Waals surface area contributed by atoms with Crippen molar-refractivity contribution in [2.24, 2.45) is 5.73 Å². The zero-order valence-corrected chi connectivity index (χ0v) is 13.1. The molecule has 0 spiro atoms. The van der Waals surface area contributed by atoms with Gasteiger partial charge in [0.05, 0.1) is 0 Å². The topological polar surface area (TPSA) is 64.3 Å². The van der Waals surface area contributed by atoms with E-state index in [9.17, 15) is 4.79 Å². The van der Waals surface area contributed by atoms with Crippen molar-refractivity contribution in [2.45, 2.75) is 18.3 Å². The van der Waals surface area contributed by atoms with E-state index in [4.69, 9.17) is 10.5 Å². The Balaban J connectivity index is 1.91. The van der Waals surface area contributed by atoms with Gasteiger partial charge in [-0.2, -0.15) is 0 Å². The number of carbonyl (C=O) groups excluding carboxylic acids is 1. The Bertz CT molecular complexity index is 672. The van der Waals surface area contributed by atoms with Crippen LogP contribution in [0.1, 0.15) is 17.5 Å². The molecule has 0 aromatic heterocycles. The summed E-state index contributed by atoms with van der Waals surface area (Å²) in [6.07, 6.45) is 1.33. The van der Waals surface area contributed by atoms with E-state index in [1.807, 2.05) is 36.4 Å². The first kappa shape index (κ1) is 15.6. The van der Waals surface area contributed by atoms with Crippen LogP contribution in [0.4, 0.5) is 0 Å². The Morgan fingerprint density at radius 3 is 2.65 bits per heavy atom. The first-order chi connectivity index (χ1) is 11.2. The van der Waals surface area contributed by atoms with E-state index in [1.165, 1.54) is 5.56 Å². The van der Waals surface area contributed by atoms with E-state index in [0.717, 1.165) is 17.7 Å². The van der Waals surface area contributed by atoms with Gasteiger partial charge in [0.25, 0.3) is 0 Å². The van der Waals surface area contributed by atoms with Crippen LogP contribution in [-0.4, -0.2) is 25.6 Å². The van der Waals surface area contributed by atoms with Crippen LogP contribution < -0.4 is 15.8 Å². The van der Waals surface area contributed by atoms with Gasteiger partial charge in [-0.05, 0) is 29.7 Å². The second-order valence-electron chi connectivity index (χ2n) is 6.06. The van der Waals surface area contributed by atoms with Gasteiger partial charge in [-0.25, -0.2) is 0 Å². The van der Waals surface area contributed by atoms with Gasteiger partial charge >= 0.3 is 0 Å². The Morgan fingerprint density at radius 1 is 1.13 bits per heavy atom. The molecule has 2 aromatic carbocycles. The van der Waals surface area contributed by atoms with Crippen molar-refractivity contribution in [3.63, 3.8) is 0 Å². The molecule has 1 fully saturated rings. The van der Waals surface area contributed by atoms with Crippen molar-refractivity contribution in [3.8, 4) is 5.75 Å². The highest BCUT2D eigenvalue weighted by Crippen LogP contribution is 2.36. The van der Waals surface area contributed by atoms with Crippen LogP contribution in [0.3, 0.4) is 0 Å². The molecule has 1 atom stereocenters. The fraction of sp³-hybridized carbons (Fsp3) is 0.316. The predicted molar refractivity (Wildman–Crippen MR) is 90.4 cm³/mol. The summed E-state index contributed by atoms with van der Waals surface area (Å²) in [5.74, 6) is 0.911. The third kappa shape index (κ3) is 3.54. The Kier molecular flexibility index (Phi) is 4.63. The third-order valence-electron chi connectivity index (χ3n) is 4.34. The molecule has 0 aliphatic carbocycles. The van der Waals surface area contributed by atoms with E-state index in [0.29, 0.717) is 26.1 Å². The lowest BCUT2D eigenvalue weighted by Gasteiger charge is -2.28. The lowest BCUT2D eigenvalue weighted by Crippen LogP contribution is -2.31. The zero-order valence-electron chi connectivity index (χ0n) is 13.1. The summed E-state index contributed by atoms with van der Waals surface area (Å²) < 4.78 is 5.65. The first-order valence-corrected chi connectivity index (χ1v) is 7.96. The maximum absolute atomic E-state index is 11.9. The second-order valence-corrected chi connectivity index (χ2v) is 6.06. The van der Waals surface area contributed by atoms with E-state index in [2.05, 4.69) is 23.5 Å². The van der Waals surface area contributed by atoms with Gasteiger partial charge in [-0.3, -0.25) is 4.79 Å². The van der Waals surface area contributed by atoms with Crippen LogP contribution >= 0.6 is 0 Å². The molecule has 4 heteroatoms. The Morgan fingerprint density at radius 2 is 1.96 bits per heavy atom. The predicted octanol–water partition coefficient (Wildman–Crippen LogP) is 2.02. The first-order valence-electron chi connectivity index (χ1n) is 7.96. The molecule has 1 amide bonds. The minimum atomic E-state index is -0.222. The van der Waals surface area contributed by atoms with Crippen LogP contribution in [0.25, 0.3) is 0 Å². The normalized spacial score (nSPS) is 20.3. The van der Waals surface area contributed by atoms with Gasteiger partial charge in [0.2, 0.25) is 5.91 Å². The van der Waals surface area contributed by atoms with E-state index < -0.39 is 0 Å². The molecule has 1 saturated heterocycles. The molecular formula is C19H22N2O2. The number of hydrogen-bond donors (Lipinski definition) is 2. The Labute approximate surface area is 136 Å². The maximum Gasteiger partial charge on any atom is 0.221 e. The van der Waals surface area contributed by atoms with Crippen LogP contribution in [0.15, 0.2) is 54.6 Å². The second kappa shape index (κ2) is 6.84. The standard InChI is InChI=1S/C19H22N2O2/c20-9-10-23-17-8-4-7-16(11-17)19(13-18(22)21-14-19)12-15-5-2-1-3-6-15/h1-8,11H,9-10,12-14,20H2,(H,21,22). The molecule has 1 unspecified atom stereocenters. The quantitative estimate of drug-likeness (QED) is 0.858. The fourth-order valence-corrected chi connectivity index (χ4v) is 3.21. The molecule has 120 valence electrons. The number of rotatable bonds is 6. The fourth-order valence-electron chi connectivity index (χ4n) is 3.21. The monoisotopic (exact) mass is 310 g/mol. The number of carbonyl (C=O) groups is 1. The largest absolute Gasteiger partial charge is 0.492 e. The highest BCUT2D eigenvalue weighted by atomic mass is 16.5. The summed E-state index contributed by atoms with van der Waals surface area (Å²) in [7, 11) is 0. The number of benzene rings is 2. The molecule has 23 heavy (non-hydrogen) atoms. The highest BCUT2D eigenvalue weighted by Gasteiger charge is 2.40. The number of hydrogen-bond acceptors (Lipinski definition) is 3. The number of nitrogens with two attached hydrogens (primary N) is 1. The van der Waals surface area contributed by atoms with Gasteiger partial charge in [-0.1, -0.05) is 42.5 Å². The van der Waals surface area contributed by atoms with Crippen LogP contribution in [0.5, 0.6) is 5.75 Å². The van der Waals surface area contributed by atoms with Crippen LogP contribution in [0.2, 0.25) is 0 Å². The summed E-state index contributed by atoms with van der Waals surface area (Å²) in [6, 6.07) is 18.3. The lowest BCUT2D eigenvalue weighted by atomic mass is 9.75. The molecule has 2 aromatic rings. The average Bonchev–Trinajstić information content (AvgIpc) is 2.96.